The summed E-state index contributed by atoms with van der Waals surface area (Å²) in [5, 5.41) is 18.6. The third kappa shape index (κ3) is 5.19. The summed E-state index contributed by atoms with van der Waals surface area (Å²) in [5.41, 5.74) is 5.10. The molecule has 0 spiro atoms. The van der Waals surface area contributed by atoms with Crippen LogP contribution in [0.15, 0.2) is 36.8 Å². The second-order valence-electron chi connectivity index (χ2n) is 9.87. The molecule has 8 nitrogen and oxygen atoms in total. The number of aryl methyl sites for hydroxylation is 3. The highest BCUT2D eigenvalue weighted by Gasteiger charge is 2.19. The fourth-order valence-electron chi connectivity index (χ4n) is 3.87. The maximum Gasteiger partial charge on any atom is 0.156 e. The fourth-order valence-corrected chi connectivity index (χ4v) is 4.62. The normalized spacial score (nSPS) is 11.7. The van der Waals surface area contributed by atoms with Crippen molar-refractivity contribution < 1.29 is 4.74 Å². The maximum absolute atomic E-state index is 9.93. The van der Waals surface area contributed by atoms with Crippen LogP contribution in [0.4, 0.5) is 11.6 Å². The van der Waals surface area contributed by atoms with Crippen LogP contribution in [0.3, 0.4) is 0 Å². The Labute approximate surface area is 201 Å². The Morgan fingerprint density at radius 3 is 2.62 bits per heavy atom. The van der Waals surface area contributed by atoms with Crippen LogP contribution in [0, 0.1) is 25.2 Å². The number of nitrogens with one attached hydrogen (secondary N) is 1. The zero-order valence-electron chi connectivity index (χ0n) is 20.7. The fraction of sp³-hybridized carbons (Fsp3) is 0.360. The van der Waals surface area contributed by atoms with Crippen molar-refractivity contribution >= 4 is 30.7 Å². The highest BCUT2D eigenvalue weighted by molar-refractivity contribution is 6.76. The number of pyridine rings is 2. The molecule has 0 saturated heterocycles. The number of fused-ring (bicyclic) bond motifs is 1. The van der Waals surface area contributed by atoms with Gasteiger partial charge < -0.3 is 14.6 Å². The summed E-state index contributed by atoms with van der Waals surface area (Å²) in [7, 11) is 0.699. The van der Waals surface area contributed by atoms with E-state index in [0.29, 0.717) is 30.4 Å². The van der Waals surface area contributed by atoms with Gasteiger partial charge in [-0.05, 0) is 49.2 Å². The number of hydrogen-bond acceptors (Lipinski definition) is 6. The van der Waals surface area contributed by atoms with E-state index in [1.54, 1.807) is 10.9 Å². The molecule has 0 saturated carbocycles. The molecular weight excluding hydrogens is 442 g/mol. The van der Waals surface area contributed by atoms with Gasteiger partial charge in [-0.3, -0.25) is 9.67 Å². The van der Waals surface area contributed by atoms with Crippen LogP contribution in [-0.2, 0) is 18.5 Å². The predicted molar refractivity (Wildman–Crippen MR) is 138 cm³/mol. The molecule has 176 valence electrons. The molecule has 4 aromatic heterocycles. The quantitative estimate of drug-likeness (QED) is 0.273. The number of hydrogen-bond donors (Lipinski definition) is 1. The maximum atomic E-state index is 9.93. The number of nitriles is 1. The highest BCUT2D eigenvalue weighted by atomic mass is 28.3. The van der Waals surface area contributed by atoms with Crippen LogP contribution in [0.2, 0.25) is 25.7 Å². The van der Waals surface area contributed by atoms with Crippen molar-refractivity contribution in [3.63, 3.8) is 0 Å². The van der Waals surface area contributed by atoms with Crippen molar-refractivity contribution in [2.75, 3.05) is 11.9 Å². The van der Waals surface area contributed by atoms with Crippen molar-refractivity contribution in [1.82, 2.24) is 24.3 Å². The lowest BCUT2D eigenvalue weighted by Gasteiger charge is -2.16. The third-order valence-electron chi connectivity index (χ3n) is 5.64. The van der Waals surface area contributed by atoms with E-state index in [4.69, 9.17) is 9.72 Å². The monoisotopic (exact) mass is 473 g/mol. The second kappa shape index (κ2) is 9.41. The molecule has 0 atom stereocenters. The predicted octanol–water partition coefficient (Wildman–Crippen LogP) is 5.38. The van der Waals surface area contributed by atoms with E-state index in [-0.39, 0.29) is 0 Å². The second-order valence-corrected chi connectivity index (χ2v) is 15.5. The lowest BCUT2D eigenvalue weighted by Crippen LogP contribution is -2.22. The number of aromatic nitrogens is 5. The van der Waals surface area contributed by atoms with Gasteiger partial charge in [0.2, 0.25) is 0 Å². The first-order chi connectivity index (χ1) is 16.1. The molecule has 0 fully saturated rings. The first-order valence-corrected chi connectivity index (χ1v) is 15.1. The van der Waals surface area contributed by atoms with Gasteiger partial charge in [0, 0.05) is 57.0 Å². The van der Waals surface area contributed by atoms with E-state index in [1.165, 1.54) is 0 Å². The largest absolute Gasteiger partial charge is 0.361 e. The lowest BCUT2D eigenvalue weighted by molar-refractivity contribution is 0.0899. The van der Waals surface area contributed by atoms with Crippen LogP contribution in [0.25, 0.3) is 22.2 Å². The molecule has 0 unspecified atom stereocenters. The van der Waals surface area contributed by atoms with Gasteiger partial charge >= 0.3 is 0 Å². The van der Waals surface area contributed by atoms with Gasteiger partial charge in [0.25, 0.3) is 0 Å². The molecule has 4 rings (SSSR count). The SMILES string of the molecule is Cc1cc(-c2cc(Nc3nn(C)cc3C)nc3c2c(C#N)cn3COCC[Si](C)(C)C)ccn1. The van der Waals surface area contributed by atoms with Gasteiger partial charge in [0.1, 0.15) is 24.3 Å². The summed E-state index contributed by atoms with van der Waals surface area (Å²) in [6.07, 6.45) is 5.58. The molecule has 0 radical (unpaired) electrons. The Hall–Kier alpha value is -3.48. The zero-order chi connectivity index (χ0) is 24.5. The molecule has 9 heteroatoms. The Bertz CT molecular complexity index is 1370. The van der Waals surface area contributed by atoms with Gasteiger partial charge in [0.15, 0.2) is 5.82 Å². The molecule has 0 aromatic carbocycles. The van der Waals surface area contributed by atoms with Gasteiger partial charge in [-0.1, -0.05) is 19.6 Å². The molecule has 0 aliphatic heterocycles. The van der Waals surface area contributed by atoms with E-state index >= 15 is 0 Å². The summed E-state index contributed by atoms with van der Waals surface area (Å²) < 4.78 is 9.70. The van der Waals surface area contributed by atoms with E-state index in [9.17, 15) is 5.26 Å². The number of anilines is 2. The van der Waals surface area contributed by atoms with Crippen molar-refractivity contribution in [2.24, 2.45) is 7.05 Å². The molecular formula is C25H31N7OSi. The molecule has 0 amide bonds. The summed E-state index contributed by atoms with van der Waals surface area (Å²) >= 11 is 0. The Morgan fingerprint density at radius 2 is 1.97 bits per heavy atom. The van der Waals surface area contributed by atoms with Crippen molar-refractivity contribution in [3.8, 4) is 17.2 Å². The first-order valence-electron chi connectivity index (χ1n) is 11.4. The summed E-state index contributed by atoms with van der Waals surface area (Å²) in [6.45, 7) is 12.0. The van der Waals surface area contributed by atoms with E-state index in [2.05, 4.69) is 41.1 Å². The smallest absolute Gasteiger partial charge is 0.156 e. The minimum Gasteiger partial charge on any atom is -0.361 e. The molecule has 0 bridgehead atoms. The molecule has 34 heavy (non-hydrogen) atoms. The average molecular weight is 474 g/mol. The standard InChI is InChI=1S/C25H31N7OSi/c1-17-14-31(3)30-24(17)28-22-12-21(19-7-8-27-18(2)11-19)23-20(13-26)15-32(25(23)29-22)16-33-9-10-34(4,5)6/h7-8,11-12,14-15H,9-10,16H2,1-6H3,(H,28,29,30). The van der Waals surface area contributed by atoms with E-state index in [1.807, 2.05) is 56.1 Å². The van der Waals surface area contributed by atoms with Gasteiger partial charge in [0.05, 0.1) is 5.56 Å². The van der Waals surface area contributed by atoms with Crippen molar-refractivity contribution in [1.29, 1.82) is 5.26 Å². The lowest BCUT2D eigenvalue weighted by atomic mass is 10.0. The number of nitrogens with zero attached hydrogens (tertiary/aromatic N) is 6. The minimum atomic E-state index is -1.19. The molecule has 0 aliphatic rings. The first kappa shape index (κ1) is 23.7. The van der Waals surface area contributed by atoms with Crippen LogP contribution in [-0.4, -0.2) is 39.0 Å². The van der Waals surface area contributed by atoms with E-state index < -0.39 is 8.07 Å². The van der Waals surface area contributed by atoms with Crippen LogP contribution < -0.4 is 5.32 Å². The van der Waals surface area contributed by atoms with Gasteiger partial charge in [-0.2, -0.15) is 10.4 Å². The van der Waals surface area contributed by atoms with E-state index in [0.717, 1.165) is 39.6 Å². The Kier molecular flexibility index (Phi) is 6.55. The summed E-state index contributed by atoms with van der Waals surface area (Å²) in [6, 6.07) is 9.39. The molecule has 4 aromatic rings. The van der Waals surface area contributed by atoms with Crippen LogP contribution in [0.1, 0.15) is 16.8 Å². The Morgan fingerprint density at radius 1 is 1.18 bits per heavy atom. The highest BCUT2D eigenvalue weighted by Crippen LogP contribution is 2.34. The van der Waals surface area contributed by atoms with Crippen molar-refractivity contribution in [2.45, 2.75) is 46.3 Å². The van der Waals surface area contributed by atoms with Gasteiger partial charge in [-0.25, -0.2) is 4.98 Å². The summed E-state index contributed by atoms with van der Waals surface area (Å²) in [4.78, 5) is 9.23. The molecule has 4 heterocycles. The Balaban J connectivity index is 1.81. The topological polar surface area (TPSA) is 93.6 Å². The van der Waals surface area contributed by atoms with Gasteiger partial charge in [-0.15, -0.1) is 0 Å². The zero-order valence-corrected chi connectivity index (χ0v) is 21.7. The average Bonchev–Trinajstić information content (AvgIpc) is 3.28. The van der Waals surface area contributed by atoms with Crippen LogP contribution >= 0.6 is 0 Å². The number of ether oxygens (including phenoxy) is 1. The van der Waals surface area contributed by atoms with Crippen LogP contribution in [0.5, 0.6) is 0 Å². The van der Waals surface area contributed by atoms with Crippen molar-refractivity contribution in [3.05, 3.63) is 53.6 Å². The third-order valence-corrected chi connectivity index (χ3v) is 7.34. The number of rotatable bonds is 8. The summed E-state index contributed by atoms with van der Waals surface area (Å²) in [5.74, 6) is 1.40. The minimum absolute atomic E-state index is 0.344. The molecule has 1 N–H and O–H groups in total. The molecule has 0 aliphatic carbocycles.